The molecule has 12 heteroatoms. The van der Waals surface area contributed by atoms with Gasteiger partial charge in [-0.15, -0.1) is 11.8 Å². The van der Waals surface area contributed by atoms with Gasteiger partial charge in [-0.2, -0.15) is 0 Å². The smallest absolute Gasteiger partial charge is 0.417 e. The molecule has 3 aromatic carbocycles. The summed E-state index contributed by atoms with van der Waals surface area (Å²) in [4.78, 5) is 66.6. The molecule has 0 fully saturated rings. The van der Waals surface area contributed by atoms with Crippen LogP contribution in [0.4, 0.5) is 4.79 Å². The van der Waals surface area contributed by atoms with Gasteiger partial charge in [0.1, 0.15) is 29.8 Å². The number of carboxylic acids is 1. The van der Waals surface area contributed by atoms with Crippen LogP contribution in [0.3, 0.4) is 0 Å². The third-order valence-corrected chi connectivity index (χ3v) is 8.89. The first-order valence-corrected chi connectivity index (χ1v) is 17.3. The SMILES string of the molecule is CC(C)(C)OC(=O)C(N)CCC(=O)N(C(=O)OC(C)(C)C)C(CSC(c1ccccc1)(c1ccccc1)c1ccccc1)C(=O)NCC(=O)O. The lowest BCUT2D eigenvalue weighted by molar-refractivity contribution is -0.156. The second-order valence-corrected chi connectivity index (χ2v) is 14.9. The van der Waals surface area contributed by atoms with Gasteiger partial charge in [0.15, 0.2) is 0 Å². The normalized spacial score (nSPS) is 13.0. The van der Waals surface area contributed by atoms with Gasteiger partial charge >= 0.3 is 18.0 Å². The lowest BCUT2D eigenvalue weighted by Gasteiger charge is -2.38. The van der Waals surface area contributed by atoms with Crippen molar-refractivity contribution in [1.29, 1.82) is 0 Å². The number of esters is 1. The third-order valence-electron chi connectivity index (χ3n) is 7.26. The minimum absolute atomic E-state index is 0.173. The fourth-order valence-corrected chi connectivity index (χ4v) is 6.75. The van der Waals surface area contributed by atoms with Gasteiger partial charge in [0.2, 0.25) is 11.8 Å². The lowest BCUT2D eigenvalue weighted by Crippen LogP contribution is -2.55. The Labute approximate surface area is 297 Å². The van der Waals surface area contributed by atoms with Crippen molar-refractivity contribution in [1.82, 2.24) is 10.2 Å². The van der Waals surface area contributed by atoms with Gasteiger partial charge < -0.3 is 25.6 Å². The summed E-state index contributed by atoms with van der Waals surface area (Å²) < 4.78 is 10.0. The maximum atomic E-state index is 14.0. The average Bonchev–Trinajstić information content (AvgIpc) is 3.05. The number of hydrogen-bond acceptors (Lipinski definition) is 9. The van der Waals surface area contributed by atoms with E-state index in [0.29, 0.717) is 4.90 Å². The fourth-order valence-electron chi connectivity index (χ4n) is 5.13. The number of ether oxygens (including phenoxy) is 2. The molecule has 0 aromatic heterocycles. The first kappa shape index (κ1) is 39.8. The van der Waals surface area contributed by atoms with Gasteiger partial charge in [-0.1, -0.05) is 91.0 Å². The molecule has 268 valence electrons. The van der Waals surface area contributed by atoms with Crippen LogP contribution in [0.2, 0.25) is 0 Å². The maximum absolute atomic E-state index is 14.0. The molecule has 0 saturated heterocycles. The van der Waals surface area contributed by atoms with E-state index < -0.39 is 70.8 Å². The van der Waals surface area contributed by atoms with E-state index in [2.05, 4.69) is 5.32 Å². The van der Waals surface area contributed by atoms with Crippen molar-refractivity contribution in [3.05, 3.63) is 108 Å². The average molecular weight is 706 g/mol. The van der Waals surface area contributed by atoms with Crippen LogP contribution in [0, 0.1) is 0 Å². The molecule has 2 atom stereocenters. The molecule has 3 amide bonds. The fraction of sp³-hybridized carbons (Fsp3) is 0.395. The number of nitrogens with zero attached hydrogens (tertiary/aromatic N) is 1. The summed E-state index contributed by atoms with van der Waals surface area (Å²) in [7, 11) is 0. The van der Waals surface area contributed by atoms with Crippen LogP contribution >= 0.6 is 11.8 Å². The Kier molecular flexibility index (Phi) is 13.8. The van der Waals surface area contributed by atoms with E-state index >= 15 is 0 Å². The third kappa shape index (κ3) is 11.2. The molecular weight excluding hydrogens is 658 g/mol. The number of imide groups is 1. The zero-order valence-electron chi connectivity index (χ0n) is 29.4. The predicted octanol–water partition coefficient (Wildman–Crippen LogP) is 5.49. The first-order chi connectivity index (χ1) is 23.4. The highest BCUT2D eigenvalue weighted by atomic mass is 32.2. The number of hydrogen-bond donors (Lipinski definition) is 3. The number of benzene rings is 3. The molecule has 0 heterocycles. The number of aliphatic carboxylic acids is 1. The van der Waals surface area contributed by atoms with Gasteiger partial charge in [-0.25, -0.2) is 9.69 Å². The number of nitrogens with one attached hydrogen (secondary N) is 1. The molecule has 0 radical (unpaired) electrons. The Morgan fingerprint density at radius 1 is 0.760 bits per heavy atom. The topological polar surface area (TPSA) is 165 Å². The molecule has 0 saturated carbocycles. The van der Waals surface area contributed by atoms with E-state index in [1.807, 2.05) is 91.0 Å². The van der Waals surface area contributed by atoms with Crippen molar-refractivity contribution in [2.75, 3.05) is 12.3 Å². The molecule has 0 aliphatic rings. The molecular formula is C38H47N3O8S. The van der Waals surface area contributed by atoms with E-state index in [-0.39, 0.29) is 12.2 Å². The molecule has 50 heavy (non-hydrogen) atoms. The van der Waals surface area contributed by atoms with Gasteiger partial charge in [-0.3, -0.25) is 19.2 Å². The highest BCUT2D eigenvalue weighted by Gasteiger charge is 2.43. The van der Waals surface area contributed by atoms with Crippen molar-refractivity contribution < 1.29 is 38.6 Å². The summed E-state index contributed by atoms with van der Waals surface area (Å²) in [6.45, 7) is 9.16. The molecule has 0 bridgehead atoms. The summed E-state index contributed by atoms with van der Waals surface area (Å²) in [6.07, 6.45) is -1.70. The van der Waals surface area contributed by atoms with Crippen LogP contribution < -0.4 is 11.1 Å². The zero-order valence-corrected chi connectivity index (χ0v) is 30.2. The van der Waals surface area contributed by atoms with Gasteiger partial charge in [0.05, 0.1) is 4.75 Å². The summed E-state index contributed by atoms with van der Waals surface area (Å²) in [5.74, 6) is -3.92. The summed E-state index contributed by atoms with van der Waals surface area (Å²) in [5.41, 5.74) is 6.80. The Morgan fingerprint density at radius 3 is 1.60 bits per heavy atom. The molecule has 0 aliphatic carbocycles. The van der Waals surface area contributed by atoms with Crippen LogP contribution in [0.15, 0.2) is 91.0 Å². The van der Waals surface area contributed by atoms with Crippen LogP contribution in [0.5, 0.6) is 0 Å². The number of thioether (sulfide) groups is 1. The number of carbonyl (C=O) groups is 5. The van der Waals surface area contributed by atoms with Gasteiger partial charge in [0, 0.05) is 12.2 Å². The van der Waals surface area contributed by atoms with E-state index in [1.165, 1.54) is 11.8 Å². The summed E-state index contributed by atoms with van der Waals surface area (Å²) in [5, 5.41) is 11.7. The van der Waals surface area contributed by atoms with Crippen LogP contribution in [0.1, 0.15) is 71.1 Å². The Morgan fingerprint density at radius 2 is 1.20 bits per heavy atom. The largest absolute Gasteiger partial charge is 0.480 e. The molecule has 0 aliphatic heterocycles. The highest BCUT2D eigenvalue weighted by Crippen LogP contribution is 2.49. The monoisotopic (exact) mass is 705 g/mol. The van der Waals surface area contributed by atoms with Crippen molar-refractivity contribution in [2.24, 2.45) is 5.73 Å². The second kappa shape index (κ2) is 17.3. The maximum Gasteiger partial charge on any atom is 0.417 e. The Balaban J connectivity index is 2.14. The van der Waals surface area contributed by atoms with Crippen molar-refractivity contribution >= 4 is 41.6 Å². The highest BCUT2D eigenvalue weighted by molar-refractivity contribution is 8.00. The van der Waals surface area contributed by atoms with Gasteiger partial charge in [-0.05, 0) is 64.7 Å². The number of rotatable bonds is 14. The standard InChI is InChI=1S/C38H47N3O8S/c1-36(2,3)48-34(46)29(39)22-23-31(42)41(35(47)49-37(4,5)6)30(33(45)40-24-32(43)44)25-50-38(26-16-10-7-11-17-26,27-18-12-8-13-19-27)28-20-14-9-15-21-28/h7-21,29-30H,22-25,39H2,1-6H3,(H,40,45)(H,43,44). The van der Waals surface area contributed by atoms with E-state index in [9.17, 15) is 29.1 Å². The molecule has 3 aromatic rings. The summed E-state index contributed by atoms with van der Waals surface area (Å²) >= 11 is 1.31. The summed E-state index contributed by atoms with van der Waals surface area (Å²) in [6, 6.07) is 26.1. The second-order valence-electron chi connectivity index (χ2n) is 13.6. The number of nitrogens with two attached hydrogens (primary N) is 1. The van der Waals surface area contributed by atoms with Crippen LogP contribution in [-0.2, 0) is 33.4 Å². The predicted molar refractivity (Wildman–Crippen MR) is 192 cm³/mol. The lowest BCUT2D eigenvalue weighted by atomic mass is 9.84. The Bertz CT molecular complexity index is 1510. The first-order valence-electron chi connectivity index (χ1n) is 16.3. The van der Waals surface area contributed by atoms with Crippen molar-refractivity contribution in [3.63, 3.8) is 0 Å². The zero-order chi connectivity index (χ0) is 37.1. The molecule has 4 N–H and O–H groups in total. The van der Waals surface area contributed by atoms with Crippen LogP contribution in [-0.4, -0.2) is 75.4 Å². The van der Waals surface area contributed by atoms with Crippen molar-refractivity contribution in [2.45, 2.75) is 82.4 Å². The van der Waals surface area contributed by atoms with Gasteiger partial charge in [0.25, 0.3) is 0 Å². The quantitative estimate of drug-likeness (QED) is 0.144. The molecule has 3 rings (SSSR count). The van der Waals surface area contributed by atoms with Crippen LogP contribution in [0.25, 0.3) is 0 Å². The minimum atomic E-state index is -1.53. The number of amides is 3. The number of carboxylic acid groups (broad SMARTS) is 1. The van der Waals surface area contributed by atoms with E-state index in [0.717, 1.165) is 16.7 Å². The van der Waals surface area contributed by atoms with E-state index in [1.54, 1.807) is 41.5 Å². The number of carbonyl (C=O) groups excluding carboxylic acids is 4. The van der Waals surface area contributed by atoms with E-state index in [4.69, 9.17) is 15.2 Å². The molecule has 11 nitrogen and oxygen atoms in total. The van der Waals surface area contributed by atoms with Crippen molar-refractivity contribution in [3.8, 4) is 0 Å². The minimum Gasteiger partial charge on any atom is -0.480 e. The molecule has 2 unspecified atom stereocenters. The Hall–Kier alpha value is -4.68. The molecule has 0 spiro atoms.